The second-order valence-corrected chi connectivity index (χ2v) is 3.91. The van der Waals surface area contributed by atoms with Crippen LogP contribution < -0.4 is 0 Å². The quantitative estimate of drug-likeness (QED) is 0.569. The second kappa shape index (κ2) is 5.11. The zero-order valence-corrected chi connectivity index (χ0v) is 8.33. The molecule has 0 unspecified atom stereocenters. The zero-order chi connectivity index (χ0) is 9.68. The van der Waals surface area contributed by atoms with Gasteiger partial charge in [0.1, 0.15) is 5.82 Å². The van der Waals surface area contributed by atoms with Gasteiger partial charge < -0.3 is 0 Å². The monoisotopic (exact) mass is 215 g/mol. The molecule has 0 bridgehead atoms. The lowest BCUT2D eigenvalue weighted by atomic mass is 10.3. The van der Waals surface area contributed by atoms with Crippen LogP contribution in [0.2, 0.25) is 5.02 Å². The first kappa shape index (κ1) is 10.4. The van der Waals surface area contributed by atoms with Gasteiger partial charge in [0.15, 0.2) is 0 Å². The summed E-state index contributed by atoms with van der Waals surface area (Å²) in [5.74, 6) is 0.296. The Labute approximate surface area is 85.5 Å². The number of hydrogen-bond acceptors (Lipinski definition) is 2. The molecule has 0 amide bonds. The summed E-state index contributed by atoms with van der Waals surface area (Å²) in [6.07, 6.45) is 0.486. The Morgan fingerprint density at radius 3 is 2.92 bits per heavy atom. The Kier molecular flexibility index (Phi) is 4.07. The van der Waals surface area contributed by atoms with Crippen molar-refractivity contribution in [2.24, 2.45) is 0 Å². The van der Waals surface area contributed by atoms with Gasteiger partial charge in [-0.05, 0) is 18.2 Å². The molecule has 0 N–H and O–H groups in total. The molecule has 0 atom stereocenters. The fourth-order valence-corrected chi connectivity index (χ4v) is 1.82. The molecule has 0 spiro atoms. The first-order valence-electron chi connectivity index (χ1n) is 3.69. The van der Waals surface area contributed by atoms with E-state index < -0.39 is 5.82 Å². The van der Waals surface area contributed by atoms with Crippen molar-refractivity contribution in [1.29, 1.82) is 5.26 Å². The molecule has 1 nitrogen and oxygen atoms in total. The van der Waals surface area contributed by atoms with Crippen LogP contribution in [0.15, 0.2) is 23.1 Å². The number of nitriles is 1. The largest absolute Gasteiger partial charge is 0.205 e. The highest BCUT2D eigenvalue weighted by atomic mass is 35.5. The molecule has 68 valence electrons. The highest BCUT2D eigenvalue weighted by molar-refractivity contribution is 7.99. The average molecular weight is 216 g/mol. The van der Waals surface area contributed by atoms with Crippen molar-refractivity contribution in [3.05, 3.63) is 29.0 Å². The number of benzene rings is 1. The van der Waals surface area contributed by atoms with Crippen molar-refractivity contribution in [3.63, 3.8) is 0 Å². The molecule has 0 aliphatic carbocycles. The standard InChI is InChI=1S/C9H7ClFNS/c10-8-6-7(2-3-9(8)11)13-5-1-4-12/h2-3,6H,1,5H2. The zero-order valence-electron chi connectivity index (χ0n) is 6.76. The molecule has 0 radical (unpaired) electrons. The molecule has 1 rings (SSSR count). The first-order valence-corrected chi connectivity index (χ1v) is 5.05. The maximum Gasteiger partial charge on any atom is 0.141 e. The molecule has 0 saturated carbocycles. The van der Waals surface area contributed by atoms with Crippen molar-refractivity contribution in [2.75, 3.05) is 5.75 Å². The van der Waals surface area contributed by atoms with Crippen LogP contribution in [-0.4, -0.2) is 5.75 Å². The van der Waals surface area contributed by atoms with Gasteiger partial charge in [-0.1, -0.05) is 11.6 Å². The van der Waals surface area contributed by atoms with Gasteiger partial charge in [0.2, 0.25) is 0 Å². The highest BCUT2D eigenvalue weighted by Gasteiger charge is 2.00. The molecule has 0 aliphatic rings. The third kappa shape index (κ3) is 3.25. The lowest BCUT2D eigenvalue weighted by Gasteiger charge is -1.99. The van der Waals surface area contributed by atoms with Crippen LogP contribution in [0.4, 0.5) is 4.39 Å². The van der Waals surface area contributed by atoms with E-state index in [2.05, 4.69) is 0 Å². The fraction of sp³-hybridized carbons (Fsp3) is 0.222. The molecule has 0 aromatic heterocycles. The third-order valence-corrected chi connectivity index (χ3v) is 2.66. The summed E-state index contributed by atoms with van der Waals surface area (Å²) >= 11 is 7.07. The van der Waals surface area contributed by atoms with Gasteiger partial charge in [0, 0.05) is 17.1 Å². The second-order valence-electron chi connectivity index (χ2n) is 2.33. The van der Waals surface area contributed by atoms with Crippen molar-refractivity contribution >= 4 is 23.4 Å². The van der Waals surface area contributed by atoms with E-state index in [4.69, 9.17) is 16.9 Å². The van der Waals surface area contributed by atoms with Gasteiger partial charge in [-0.25, -0.2) is 4.39 Å². The van der Waals surface area contributed by atoms with Gasteiger partial charge in [0.25, 0.3) is 0 Å². The minimum absolute atomic E-state index is 0.127. The van der Waals surface area contributed by atoms with Crippen LogP contribution in [0.3, 0.4) is 0 Å². The van der Waals surface area contributed by atoms with Crippen molar-refractivity contribution < 1.29 is 4.39 Å². The van der Waals surface area contributed by atoms with Crippen LogP contribution in [0.5, 0.6) is 0 Å². The predicted molar refractivity (Wildman–Crippen MR) is 52.4 cm³/mol. The Hall–Kier alpha value is -0.720. The fourth-order valence-electron chi connectivity index (χ4n) is 0.781. The van der Waals surface area contributed by atoms with Crippen LogP contribution in [0, 0.1) is 17.1 Å². The lowest BCUT2D eigenvalue weighted by molar-refractivity contribution is 0.627. The van der Waals surface area contributed by atoms with Crippen LogP contribution in [0.1, 0.15) is 6.42 Å². The number of thioether (sulfide) groups is 1. The highest BCUT2D eigenvalue weighted by Crippen LogP contribution is 2.24. The van der Waals surface area contributed by atoms with E-state index in [1.807, 2.05) is 6.07 Å². The van der Waals surface area contributed by atoms with Crippen LogP contribution >= 0.6 is 23.4 Å². The lowest BCUT2D eigenvalue weighted by Crippen LogP contribution is -1.80. The van der Waals surface area contributed by atoms with Gasteiger partial charge in [0.05, 0.1) is 11.1 Å². The van der Waals surface area contributed by atoms with Gasteiger partial charge in [-0.3, -0.25) is 0 Å². The Bertz CT molecular complexity index is 335. The third-order valence-electron chi connectivity index (χ3n) is 1.37. The van der Waals surface area contributed by atoms with E-state index in [9.17, 15) is 4.39 Å². The van der Waals surface area contributed by atoms with Crippen molar-refractivity contribution in [1.82, 2.24) is 0 Å². The minimum Gasteiger partial charge on any atom is -0.205 e. The number of halogens is 2. The number of rotatable bonds is 3. The normalized spacial score (nSPS) is 9.62. The average Bonchev–Trinajstić information content (AvgIpc) is 2.12. The summed E-state index contributed by atoms with van der Waals surface area (Å²) < 4.78 is 12.7. The molecule has 4 heteroatoms. The summed E-state index contributed by atoms with van der Waals surface area (Å²) in [6.45, 7) is 0. The molecule has 0 fully saturated rings. The predicted octanol–water partition coefficient (Wildman–Crippen LogP) is 3.48. The molecule has 0 aliphatic heterocycles. The molecule has 1 aromatic rings. The first-order chi connectivity index (χ1) is 6.24. The van der Waals surface area contributed by atoms with E-state index in [0.717, 1.165) is 4.90 Å². The molecular weight excluding hydrogens is 209 g/mol. The Balaban J connectivity index is 2.59. The minimum atomic E-state index is -0.411. The van der Waals surface area contributed by atoms with Crippen LogP contribution in [-0.2, 0) is 0 Å². The van der Waals surface area contributed by atoms with Gasteiger partial charge in [-0.15, -0.1) is 11.8 Å². The summed E-state index contributed by atoms with van der Waals surface area (Å²) in [6, 6.07) is 6.59. The number of hydrogen-bond donors (Lipinski definition) is 0. The summed E-state index contributed by atoms with van der Waals surface area (Å²) in [4.78, 5) is 0.890. The van der Waals surface area contributed by atoms with Crippen molar-refractivity contribution in [2.45, 2.75) is 11.3 Å². The smallest absolute Gasteiger partial charge is 0.141 e. The molecule has 0 saturated heterocycles. The van der Waals surface area contributed by atoms with E-state index >= 15 is 0 Å². The van der Waals surface area contributed by atoms with Crippen LogP contribution in [0.25, 0.3) is 0 Å². The van der Waals surface area contributed by atoms with E-state index in [1.165, 1.54) is 17.8 Å². The SMILES string of the molecule is N#CCCSc1ccc(F)c(Cl)c1. The maximum absolute atomic E-state index is 12.7. The summed E-state index contributed by atoms with van der Waals surface area (Å²) in [7, 11) is 0. The van der Waals surface area contributed by atoms with E-state index in [-0.39, 0.29) is 5.02 Å². The summed E-state index contributed by atoms with van der Waals surface area (Å²) in [5, 5.41) is 8.42. The van der Waals surface area contributed by atoms with Gasteiger partial charge in [-0.2, -0.15) is 5.26 Å². The topological polar surface area (TPSA) is 23.8 Å². The number of nitrogens with zero attached hydrogens (tertiary/aromatic N) is 1. The maximum atomic E-state index is 12.7. The van der Waals surface area contributed by atoms with E-state index in [1.54, 1.807) is 12.1 Å². The molecular formula is C9H7ClFNS. The molecule has 13 heavy (non-hydrogen) atoms. The van der Waals surface area contributed by atoms with Gasteiger partial charge >= 0.3 is 0 Å². The van der Waals surface area contributed by atoms with Crippen molar-refractivity contribution in [3.8, 4) is 6.07 Å². The summed E-state index contributed by atoms with van der Waals surface area (Å²) in [5.41, 5.74) is 0. The Morgan fingerprint density at radius 1 is 1.54 bits per heavy atom. The molecule has 1 aromatic carbocycles. The van der Waals surface area contributed by atoms with E-state index in [0.29, 0.717) is 12.2 Å². The molecule has 0 heterocycles. The Morgan fingerprint density at radius 2 is 2.31 bits per heavy atom.